The lowest BCUT2D eigenvalue weighted by atomic mass is 10.1. The molecule has 3 heterocycles. The molecule has 2 aliphatic rings. The van der Waals surface area contributed by atoms with Crippen molar-refractivity contribution < 1.29 is 19.0 Å². The summed E-state index contributed by atoms with van der Waals surface area (Å²) in [4.78, 5) is 17.4. The predicted molar refractivity (Wildman–Crippen MR) is 114 cm³/mol. The summed E-state index contributed by atoms with van der Waals surface area (Å²) in [7, 11) is 0. The van der Waals surface area contributed by atoms with Gasteiger partial charge in [0.2, 0.25) is 6.79 Å². The van der Waals surface area contributed by atoms with Gasteiger partial charge in [0.05, 0.1) is 30.3 Å². The van der Waals surface area contributed by atoms with Crippen LogP contribution in [0.25, 0.3) is 11.3 Å². The smallest absolute Gasteiger partial charge is 0.231 e. The maximum atomic E-state index is 12.8. The number of carbonyl (C=O) groups excluding carboxylic acids is 1. The third kappa shape index (κ3) is 3.95. The quantitative estimate of drug-likeness (QED) is 0.415. The summed E-state index contributed by atoms with van der Waals surface area (Å²) in [5.41, 5.74) is 2.77. The number of benzene rings is 2. The van der Waals surface area contributed by atoms with E-state index >= 15 is 0 Å². The van der Waals surface area contributed by atoms with E-state index in [0.717, 1.165) is 42.4 Å². The summed E-state index contributed by atoms with van der Waals surface area (Å²) in [6.07, 6.45) is 4.21. The van der Waals surface area contributed by atoms with Crippen LogP contribution in [0.1, 0.15) is 23.2 Å². The summed E-state index contributed by atoms with van der Waals surface area (Å²) >= 11 is 1.46. The van der Waals surface area contributed by atoms with Crippen LogP contribution in [-0.4, -0.2) is 40.6 Å². The molecule has 5 rings (SSSR count). The number of rotatable bonds is 7. The minimum atomic E-state index is 0.0335. The minimum Gasteiger partial charge on any atom is -0.454 e. The first-order valence-electron chi connectivity index (χ1n) is 10.1. The average molecular weight is 423 g/mol. The number of aromatic nitrogens is 2. The van der Waals surface area contributed by atoms with Gasteiger partial charge in [-0.15, -0.1) is 0 Å². The van der Waals surface area contributed by atoms with E-state index in [9.17, 15) is 4.79 Å². The summed E-state index contributed by atoms with van der Waals surface area (Å²) in [5.74, 6) is 1.64. The van der Waals surface area contributed by atoms with Gasteiger partial charge in [0, 0.05) is 12.2 Å². The summed E-state index contributed by atoms with van der Waals surface area (Å²) in [6, 6.07) is 15.5. The van der Waals surface area contributed by atoms with Crippen molar-refractivity contribution in [2.45, 2.75) is 30.6 Å². The summed E-state index contributed by atoms with van der Waals surface area (Å²) in [6.45, 7) is 1.75. The zero-order valence-corrected chi connectivity index (χ0v) is 17.3. The lowest BCUT2D eigenvalue weighted by Gasteiger charge is -2.16. The van der Waals surface area contributed by atoms with Crippen LogP contribution < -0.4 is 9.47 Å². The lowest BCUT2D eigenvalue weighted by Crippen LogP contribution is -2.17. The Hall–Kier alpha value is -2.77. The van der Waals surface area contributed by atoms with Crippen LogP contribution in [0.4, 0.5) is 0 Å². The Bertz CT molecular complexity index is 1040. The first-order chi connectivity index (χ1) is 14.8. The molecule has 2 aromatic carbocycles. The fraction of sp³-hybridized carbons (Fsp3) is 0.304. The third-order valence-electron chi connectivity index (χ3n) is 5.33. The van der Waals surface area contributed by atoms with Gasteiger partial charge in [-0.1, -0.05) is 42.1 Å². The van der Waals surface area contributed by atoms with Crippen molar-refractivity contribution in [3.05, 3.63) is 60.3 Å². The van der Waals surface area contributed by atoms with Crippen LogP contribution >= 0.6 is 11.8 Å². The average Bonchev–Trinajstić information content (AvgIpc) is 3.54. The number of fused-ring (bicyclic) bond motifs is 1. The maximum Gasteiger partial charge on any atom is 0.231 e. The van der Waals surface area contributed by atoms with E-state index in [1.54, 1.807) is 18.2 Å². The molecule has 1 fully saturated rings. The Morgan fingerprint density at radius 2 is 2.00 bits per heavy atom. The van der Waals surface area contributed by atoms with Crippen molar-refractivity contribution in [1.29, 1.82) is 0 Å². The number of ether oxygens (including phenoxy) is 3. The zero-order chi connectivity index (χ0) is 20.3. The lowest BCUT2D eigenvalue weighted by molar-refractivity contribution is 0.0954. The molecular formula is C23H22N2O4S. The van der Waals surface area contributed by atoms with Crippen molar-refractivity contribution in [3.8, 4) is 22.8 Å². The Labute approximate surface area is 179 Å². The van der Waals surface area contributed by atoms with Crippen molar-refractivity contribution in [2.75, 3.05) is 19.2 Å². The van der Waals surface area contributed by atoms with E-state index in [1.165, 1.54) is 11.8 Å². The highest BCUT2D eigenvalue weighted by atomic mass is 32.2. The molecule has 0 aliphatic carbocycles. The Balaban J connectivity index is 1.35. The van der Waals surface area contributed by atoms with Crippen molar-refractivity contribution in [2.24, 2.45) is 0 Å². The molecule has 154 valence electrons. The van der Waals surface area contributed by atoms with Gasteiger partial charge in [-0.3, -0.25) is 4.79 Å². The Kier molecular flexibility index (Phi) is 5.46. The fourth-order valence-corrected chi connectivity index (χ4v) is 4.65. The monoisotopic (exact) mass is 422 g/mol. The first kappa shape index (κ1) is 19.2. The fourth-order valence-electron chi connectivity index (χ4n) is 3.77. The number of nitrogens with zero attached hydrogens (tertiary/aromatic N) is 2. The number of Topliss-reactive ketones (excluding diaryl/α,β-unsaturated/α-hetero) is 1. The number of carbonyl (C=O) groups is 1. The van der Waals surface area contributed by atoms with Crippen molar-refractivity contribution in [3.63, 3.8) is 0 Å². The van der Waals surface area contributed by atoms with Crippen LogP contribution in [0, 0.1) is 0 Å². The van der Waals surface area contributed by atoms with Gasteiger partial charge in [-0.2, -0.15) is 0 Å². The largest absolute Gasteiger partial charge is 0.454 e. The molecule has 0 spiro atoms. The number of hydrogen-bond acceptors (Lipinski definition) is 6. The van der Waals surface area contributed by atoms with Gasteiger partial charge in [-0.25, -0.2) is 4.98 Å². The van der Waals surface area contributed by atoms with Gasteiger partial charge in [0.25, 0.3) is 0 Å². The molecule has 3 aromatic rings. The molecule has 1 aromatic heterocycles. The van der Waals surface area contributed by atoms with Gasteiger partial charge >= 0.3 is 0 Å². The maximum absolute atomic E-state index is 12.8. The molecule has 2 aliphatic heterocycles. The highest BCUT2D eigenvalue weighted by Crippen LogP contribution is 2.33. The summed E-state index contributed by atoms with van der Waals surface area (Å²) < 4.78 is 18.8. The molecule has 0 radical (unpaired) electrons. The summed E-state index contributed by atoms with van der Waals surface area (Å²) in [5, 5.41) is 0.832. The molecule has 0 amide bonds. The Morgan fingerprint density at radius 1 is 1.13 bits per heavy atom. The molecule has 30 heavy (non-hydrogen) atoms. The highest BCUT2D eigenvalue weighted by molar-refractivity contribution is 7.99. The highest BCUT2D eigenvalue weighted by Gasteiger charge is 2.22. The molecule has 0 bridgehead atoms. The van der Waals surface area contributed by atoms with Crippen molar-refractivity contribution in [1.82, 2.24) is 9.55 Å². The molecule has 1 saturated heterocycles. The second-order valence-corrected chi connectivity index (χ2v) is 8.26. The second kappa shape index (κ2) is 8.53. The zero-order valence-electron chi connectivity index (χ0n) is 16.5. The number of hydrogen-bond donors (Lipinski definition) is 0. The van der Waals surface area contributed by atoms with Crippen molar-refractivity contribution >= 4 is 17.5 Å². The number of thioether (sulfide) groups is 1. The van der Waals surface area contributed by atoms with Crippen LogP contribution in [0.15, 0.2) is 59.9 Å². The van der Waals surface area contributed by atoms with E-state index in [0.29, 0.717) is 22.8 Å². The Morgan fingerprint density at radius 3 is 2.83 bits per heavy atom. The third-order valence-corrected chi connectivity index (χ3v) is 6.32. The SMILES string of the molecule is O=C(CSc1ncc(-c2ccccc2)n1CC1CCCO1)c1ccc2c(c1)OCO2. The van der Waals surface area contributed by atoms with E-state index in [1.807, 2.05) is 24.4 Å². The van der Waals surface area contributed by atoms with Crippen LogP contribution in [0.2, 0.25) is 0 Å². The van der Waals surface area contributed by atoms with E-state index < -0.39 is 0 Å². The standard InChI is InChI=1S/C23H22N2O4S/c26-20(17-8-9-21-22(11-17)29-15-28-21)14-30-23-24-12-19(16-5-2-1-3-6-16)25(23)13-18-7-4-10-27-18/h1-3,5-6,8-9,11-12,18H,4,7,10,13-15H2. The number of ketones is 1. The van der Waals surface area contributed by atoms with E-state index in [-0.39, 0.29) is 18.7 Å². The molecule has 0 saturated carbocycles. The topological polar surface area (TPSA) is 62.6 Å². The van der Waals surface area contributed by atoms with Gasteiger partial charge < -0.3 is 18.8 Å². The first-order valence-corrected chi connectivity index (χ1v) is 11.0. The van der Waals surface area contributed by atoms with Gasteiger partial charge in [0.1, 0.15) is 0 Å². The second-order valence-electron chi connectivity index (χ2n) is 7.32. The van der Waals surface area contributed by atoms with E-state index in [2.05, 4.69) is 21.7 Å². The number of imidazole rings is 1. The molecule has 0 N–H and O–H groups in total. The molecule has 6 nitrogen and oxygen atoms in total. The van der Waals surface area contributed by atoms with Gasteiger partial charge in [-0.05, 0) is 36.6 Å². The normalized spacial score (nSPS) is 17.4. The predicted octanol–water partition coefficient (Wildman–Crippen LogP) is 4.43. The molecular weight excluding hydrogens is 400 g/mol. The van der Waals surface area contributed by atoms with Crippen LogP contribution in [0.5, 0.6) is 11.5 Å². The van der Waals surface area contributed by atoms with Gasteiger partial charge in [0.15, 0.2) is 22.4 Å². The molecule has 7 heteroatoms. The minimum absolute atomic E-state index is 0.0335. The molecule has 1 unspecified atom stereocenters. The van der Waals surface area contributed by atoms with Crippen LogP contribution in [0.3, 0.4) is 0 Å². The van der Waals surface area contributed by atoms with E-state index in [4.69, 9.17) is 14.2 Å². The molecule has 1 atom stereocenters. The van der Waals surface area contributed by atoms with Crippen LogP contribution in [-0.2, 0) is 11.3 Å².